The van der Waals surface area contributed by atoms with Crippen LogP contribution in [0.15, 0.2) is 0 Å². The van der Waals surface area contributed by atoms with Crippen LogP contribution in [0.25, 0.3) is 0 Å². The lowest BCUT2D eigenvalue weighted by molar-refractivity contribution is -0.0537. The van der Waals surface area contributed by atoms with Crippen LogP contribution in [-0.4, -0.2) is 22.9 Å². The lowest BCUT2D eigenvalue weighted by Gasteiger charge is -2.45. The Bertz CT molecular complexity index is 158. The molecule has 0 aromatic rings. The van der Waals surface area contributed by atoms with Crippen molar-refractivity contribution in [2.75, 3.05) is 6.61 Å². The molecule has 1 heterocycles. The standard InChI is InChI=1S/C8H16NO2/c1-5-8(4)9(10)7(2,3)6-11-8/h5-6H2,1-4H3/q-1. The molecule has 0 aliphatic carbocycles. The second-order valence-electron chi connectivity index (χ2n) is 3.92. The molecule has 11 heavy (non-hydrogen) atoms. The zero-order valence-electron chi connectivity index (χ0n) is 7.68. The van der Waals surface area contributed by atoms with E-state index in [0.717, 1.165) is 11.5 Å². The minimum absolute atomic E-state index is 0.356. The van der Waals surface area contributed by atoms with Gasteiger partial charge in [-0.25, -0.2) is 0 Å². The molecule has 0 spiro atoms. The van der Waals surface area contributed by atoms with Gasteiger partial charge in [-0.3, -0.25) is 0 Å². The summed E-state index contributed by atoms with van der Waals surface area (Å²) < 4.78 is 5.43. The highest BCUT2D eigenvalue weighted by molar-refractivity contribution is 4.95. The zero-order chi connectivity index (χ0) is 8.70. The van der Waals surface area contributed by atoms with Crippen molar-refractivity contribution in [2.45, 2.75) is 45.4 Å². The summed E-state index contributed by atoms with van der Waals surface area (Å²) in [5, 5.41) is 12.6. The van der Waals surface area contributed by atoms with Crippen LogP contribution in [0.5, 0.6) is 0 Å². The van der Waals surface area contributed by atoms with Gasteiger partial charge < -0.3 is 15.0 Å². The van der Waals surface area contributed by atoms with Gasteiger partial charge in [0.2, 0.25) is 0 Å². The van der Waals surface area contributed by atoms with Crippen molar-refractivity contribution >= 4 is 0 Å². The SMILES string of the molecule is CCC1(C)OCC(C)(C)N1[O-]. The Hall–Kier alpha value is -0.120. The van der Waals surface area contributed by atoms with Crippen molar-refractivity contribution in [2.24, 2.45) is 0 Å². The molecule has 1 unspecified atom stereocenters. The quantitative estimate of drug-likeness (QED) is 0.583. The summed E-state index contributed by atoms with van der Waals surface area (Å²) >= 11 is 0. The number of rotatable bonds is 1. The van der Waals surface area contributed by atoms with Crippen LogP contribution in [0.1, 0.15) is 34.1 Å². The topological polar surface area (TPSA) is 35.5 Å². The summed E-state index contributed by atoms with van der Waals surface area (Å²) in [4.78, 5) is 0. The Morgan fingerprint density at radius 1 is 1.45 bits per heavy atom. The van der Waals surface area contributed by atoms with Crippen LogP contribution in [0, 0.1) is 5.21 Å². The minimum atomic E-state index is -0.594. The molecule has 1 fully saturated rings. The van der Waals surface area contributed by atoms with Crippen LogP contribution in [-0.2, 0) is 4.74 Å². The maximum atomic E-state index is 11.6. The van der Waals surface area contributed by atoms with Gasteiger partial charge in [0.25, 0.3) is 0 Å². The number of hydroxylamine groups is 2. The summed E-state index contributed by atoms with van der Waals surface area (Å²) in [5.74, 6) is 0. The predicted octanol–water partition coefficient (Wildman–Crippen LogP) is 1.72. The van der Waals surface area contributed by atoms with Gasteiger partial charge in [-0.2, -0.15) is 0 Å². The van der Waals surface area contributed by atoms with Crippen molar-refractivity contribution in [3.05, 3.63) is 5.21 Å². The van der Waals surface area contributed by atoms with Gasteiger partial charge in [0, 0.05) is 5.54 Å². The molecule has 0 aromatic carbocycles. The Morgan fingerprint density at radius 2 is 2.00 bits per heavy atom. The van der Waals surface area contributed by atoms with Gasteiger partial charge in [-0.05, 0) is 27.2 Å². The normalized spacial score (nSPS) is 37.9. The first-order valence-corrected chi connectivity index (χ1v) is 4.04. The number of hydrogen-bond acceptors (Lipinski definition) is 3. The van der Waals surface area contributed by atoms with Crippen molar-refractivity contribution < 1.29 is 4.74 Å². The van der Waals surface area contributed by atoms with E-state index in [2.05, 4.69) is 0 Å². The van der Waals surface area contributed by atoms with Crippen molar-refractivity contribution in [3.8, 4) is 0 Å². The van der Waals surface area contributed by atoms with Crippen LogP contribution in [0.2, 0.25) is 0 Å². The first-order valence-electron chi connectivity index (χ1n) is 4.04. The van der Waals surface area contributed by atoms with Crippen molar-refractivity contribution in [1.82, 2.24) is 5.06 Å². The second-order valence-corrected chi connectivity index (χ2v) is 3.92. The summed E-state index contributed by atoms with van der Waals surface area (Å²) in [7, 11) is 0. The minimum Gasteiger partial charge on any atom is -0.783 e. The van der Waals surface area contributed by atoms with E-state index >= 15 is 0 Å². The van der Waals surface area contributed by atoms with E-state index in [4.69, 9.17) is 4.74 Å². The van der Waals surface area contributed by atoms with E-state index in [9.17, 15) is 5.21 Å². The molecule has 0 radical (unpaired) electrons. The van der Waals surface area contributed by atoms with Crippen LogP contribution in [0.3, 0.4) is 0 Å². The monoisotopic (exact) mass is 158 g/mol. The van der Waals surface area contributed by atoms with E-state index in [1.807, 2.05) is 27.7 Å². The van der Waals surface area contributed by atoms with E-state index in [1.54, 1.807) is 0 Å². The summed E-state index contributed by atoms with van der Waals surface area (Å²) in [6.45, 7) is 8.14. The molecule has 1 aliphatic rings. The van der Waals surface area contributed by atoms with Gasteiger partial charge in [0.1, 0.15) is 5.72 Å². The number of nitrogens with zero attached hydrogens (tertiary/aromatic N) is 1. The maximum Gasteiger partial charge on any atom is 0.107 e. The highest BCUT2D eigenvalue weighted by Gasteiger charge is 2.41. The third-order valence-electron chi connectivity index (χ3n) is 2.37. The zero-order valence-corrected chi connectivity index (χ0v) is 7.68. The summed E-state index contributed by atoms with van der Waals surface area (Å²) in [6.07, 6.45) is 0.736. The average Bonchev–Trinajstić information content (AvgIpc) is 2.16. The molecule has 0 amide bonds. The molecule has 1 rings (SSSR count). The summed E-state index contributed by atoms with van der Waals surface area (Å²) in [5.41, 5.74) is -0.950. The van der Waals surface area contributed by atoms with E-state index in [0.29, 0.717) is 6.61 Å². The number of hydrogen-bond donors (Lipinski definition) is 0. The van der Waals surface area contributed by atoms with Gasteiger partial charge >= 0.3 is 0 Å². The second kappa shape index (κ2) is 2.44. The summed E-state index contributed by atoms with van der Waals surface area (Å²) in [6, 6.07) is 0. The van der Waals surface area contributed by atoms with Crippen LogP contribution >= 0.6 is 0 Å². The van der Waals surface area contributed by atoms with Gasteiger partial charge in [-0.15, -0.1) is 0 Å². The van der Waals surface area contributed by atoms with Gasteiger partial charge in [-0.1, -0.05) is 6.92 Å². The molecule has 0 saturated carbocycles. The fourth-order valence-electron chi connectivity index (χ4n) is 1.34. The number of ether oxygens (including phenoxy) is 1. The lowest BCUT2D eigenvalue weighted by atomic mass is 10.1. The molecule has 1 saturated heterocycles. The molecule has 0 aromatic heterocycles. The maximum absolute atomic E-state index is 11.6. The fourth-order valence-corrected chi connectivity index (χ4v) is 1.34. The molecule has 1 atom stereocenters. The molecule has 66 valence electrons. The van der Waals surface area contributed by atoms with Gasteiger partial charge in [0.05, 0.1) is 6.61 Å². The average molecular weight is 158 g/mol. The predicted molar refractivity (Wildman–Crippen MR) is 43.9 cm³/mol. The smallest absolute Gasteiger partial charge is 0.107 e. The van der Waals surface area contributed by atoms with Crippen molar-refractivity contribution in [3.63, 3.8) is 0 Å². The van der Waals surface area contributed by atoms with E-state index in [-0.39, 0.29) is 5.54 Å². The lowest BCUT2D eigenvalue weighted by Crippen LogP contribution is -2.46. The molecule has 3 nitrogen and oxygen atoms in total. The first-order chi connectivity index (χ1) is 4.92. The van der Waals surface area contributed by atoms with E-state index < -0.39 is 5.72 Å². The first kappa shape index (κ1) is 8.97. The molecule has 1 aliphatic heterocycles. The Kier molecular flexibility index (Phi) is 1.99. The van der Waals surface area contributed by atoms with Crippen molar-refractivity contribution in [1.29, 1.82) is 0 Å². The molecular weight excluding hydrogens is 142 g/mol. The van der Waals surface area contributed by atoms with Crippen LogP contribution < -0.4 is 0 Å². The Balaban J connectivity index is 2.78. The third-order valence-corrected chi connectivity index (χ3v) is 2.37. The molecule has 0 N–H and O–H groups in total. The highest BCUT2D eigenvalue weighted by Crippen LogP contribution is 2.35. The highest BCUT2D eigenvalue weighted by atomic mass is 16.6. The van der Waals surface area contributed by atoms with Crippen LogP contribution in [0.4, 0.5) is 0 Å². The Labute approximate surface area is 67.9 Å². The molecule has 0 bridgehead atoms. The van der Waals surface area contributed by atoms with E-state index in [1.165, 1.54) is 0 Å². The third kappa shape index (κ3) is 1.28. The molecular formula is C8H16NO2-. The Morgan fingerprint density at radius 3 is 2.18 bits per heavy atom. The largest absolute Gasteiger partial charge is 0.783 e. The van der Waals surface area contributed by atoms with Gasteiger partial charge in [0.15, 0.2) is 0 Å². The fraction of sp³-hybridized carbons (Fsp3) is 1.00. The molecule has 3 heteroatoms.